The number of amides is 2. The fourth-order valence-corrected chi connectivity index (χ4v) is 1.83. The lowest BCUT2D eigenvalue weighted by Gasteiger charge is -2.09. The zero-order chi connectivity index (χ0) is 15.1. The second kappa shape index (κ2) is 7.09. The van der Waals surface area contributed by atoms with E-state index in [2.05, 4.69) is 15.6 Å². The standard InChI is InChI=1S/C14H16N4O3/c19-13(20)9-11-2-1-3-12(8-11)17-14(21)16-5-7-18-6-4-15-10-18/h1-4,6,8,10H,5,7,9H2,(H,19,20)(H2,16,17,21). The number of aromatic nitrogens is 2. The van der Waals surface area contributed by atoms with Crippen molar-refractivity contribution in [2.24, 2.45) is 0 Å². The number of nitrogens with one attached hydrogen (secondary N) is 2. The molecular formula is C14H16N4O3. The predicted octanol–water partition coefficient (Wildman–Crippen LogP) is 1.33. The van der Waals surface area contributed by atoms with E-state index in [4.69, 9.17) is 5.11 Å². The Morgan fingerprint density at radius 2 is 2.19 bits per heavy atom. The monoisotopic (exact) mass is 288 g/mol. The average molecular weight is 288 g/mol. The molecule has 0 saturated carbocycles. The summed E-state index contributed by atoms with van der Waals surface area (Å²) in [5, 5.41) is 14.1. The minimum atomic E-state index is -0.906. The van der Waals surface area contributed by atoms with Gasteiger partial charge in [-0.05, 0) is 17.7 Å². The molecule has 0 aliphatic rings. The summed E-state index contributed by atoms with van der Waals surface area (Å²) in [6.45, 7) is 1.10. The van der Waals surface area contributed by atoms with E-state index in [1.165, 1.54) is 0 Å². The van der Waals surface area contributed by atoms with Crippen molar-refractivity contribution in [2.45, 2.75) is 13.0 Å². The molecule has 7 nitrogen and oxygen atoms in total. The highest BCUT2D eigenvalue weighted by molar-refractivity contribution is 5.89. The molecule has 7 heteroatoms. The molecule has 2 amide bonds. The average Bonchev–Trinajstić information content (AvgIpc) is 2.91. The Labute approximate surface area is 121 Å². The highest BCUT2D eigenvalue weighted by Gasteiger charge is 2.04. The Hall–Kier alpha value is -2.83. The number of carboxylic acid groups (broad SMARTS) is 1. The Kier molecular flexibility index (Phi) is 4.92. The van der Waals surface area contributed by atoms with Crippen LogP contribution in [0.2, 0.25) is 0 Å². The number of hydrogen-bond donors (Lipinski definition) is 3. The van der Waals surface area contributed by atoms with Gasteiger partial charge in [-0.1, -0.05) is 12.1 Å². The van der Waals surface area contributed by atoms with Crippen molar-refractivity contribution in [3.8, 4) is 0 Å². The van der Waals surface area contributed by atoms with Gasteiger partial charge in [-0.3, -0.25) is 4.79 Å². The summed E-state index contributed by atoms with van der Waals surface area (Å²) in [7, 11) is 0. The lowest BCUT2D eigenvalue weighted by molar-refractivity contribution is -0.136. The molecule has 2 rings (SSSR count). The summed E-state index contributed by atoms with van der Waals surface area (Å²) in [6, 6.07) is 6.43. The summed E-state index contributed by atoms with van der Waals surface area (Å²) in [6.07, 6.45) is 5.09. The van der Waals surface area contributed by atoms with Gasteiger partial charge in [0.1, 0.15) is 0 Å². The maximum absolute atomic E-state index is 11.7. The van der Waals surface area contributed by atoms with Crippen molar-refractivity contribution in [3.63, 3.8) is 0 Å². The Morgan fingerprint density at radius 1 is 1.33 bits per heavy atom. The number of anilines is 1. The van der Waals surface area contributed by atoms with E-state index < -0.39 is 5.97 Å². The van der Waals surface area contributed by atoms with Crippen LogP contribution in [0.4, 0.5) is 10.5 Å². The van der Waals surface area contributed by atoms with Crippen LogP contribution in [0.15, 0.2) is 43.0 Å². The highest BCUT2D eigenvalue weighted by Crippen LogP contribution is 2.11. The molecule has 110 valence electrons. The van der Waals surface area contributed by atoms with Crippen molar-refractivity contribution in [3.05, 3.63) is 48.5 Å². The number of urea groups is 1. The zero-order valence-corrected chi connectivity index (χ0v) is 11.3. The fourth-order valence-electron chi connectivity index (χ4n) is 1.83. The van der Waals surface area contributed by atoms with Gasteiger partial charge < -0.3 is 20.3 Å². The Bertz CT molecular complexity index is 610. The molecule has 0 bridgehead atoms. The van der Waals surface area contributed by atoms with Crippen molar-refractivity contribution in [1.29, 1.82) is 0 Å². The molecule has 21 heavy (non-hydrogen) atoms. The maximum Gasteiger partial charge on any atom is 0.319 e. The minimum Gasteiger partial charge on any atom is -0.481 e. The molecule has 1 heterocycles. The summed E-state index contributed by atoms with van der Waals surface area (Å²) in [5.41, 5.74) is 1.20. The normalized spacial score (nSPS) is 10.1. The second-order valence-corrected chi connectivity index (χ2v) is 4.45. The highest BCUT2D eigenvalue weighted by atomic mass is 16.4. The molecular weight excluding hydrogens is 272 g/mol. The van der Waals surface area contributed by atoms with E-state index in [1.54, 1.807) is 36.8 Å². The molecule has 0 spiro atoms. The summed E-state index contributed by atoms with van der Waals surface area (Å²) < 4.78 is 1.85. The molecule has 0 atom stereocenters. The Morgan fingerprint density at radius 3 is 2.90 bits per heavy atom. The van der Waals surface area contributed by atoms with Gasteiger partial charge in [-0.2, -0.15) is 0 Å². The van der Waals surface area contributed by atoms with Crippen LogP contribution in [-0.4, -0.2) is 33.2 Å². The molecule has 2 aromatic rings. The number of aliphatic carboxylic acids is 1. The third-order valence-corrected chi connectivity index (χ3v) is 2.75. The van der Waals surface area contributed by atoms with Crippen LogP contribution >= 0.6 is 0 Å². The van der Waals surface area contributed by atoms with Gasteiger partial charge in [0.15, 0.2) is 0 Å². The molecule has 1 aromatic carbocycles. The van der Waals surface area contributed by atoms with Gasteiger partial charge in [0, 0.05) is 31.2 Å². The molecule has 3 N–H and O–H groups in total. The molecule has 0 aliphatic carbocycles. The fraction of sp³-hybridized carbons (Fsp3) is 0.214. The molecule has 0 aliphatic heterocycles. The van der Waals surface area contributed by atoms with Gasteiger partial charge >= 0.3 is 12.0 Å². The third kappa shape index (κ3) is 4.98. The number of carboxylic acids is 1. The third-order valence-electron chi connectivity index (χ3n) is 2.75. The number of rotatable bonds is 6. The molecule has 0 saturated heterocycles. The topological polar surface area (TPSA) is 96.3 Å². The number of hydrogen-bond acceptors (Lipinski definition) is 3. The number of carbonyl (C=O) groups is 2. The lowest BCUT2D eigenvalue weighted by atomic mass is 10.1. The van der Waals surface area contributed by atoms with E-state index in [1.807, 2.05) is 10.8 Å². The van der Waals surface area contributed by atoms with E-state index >= 15 is 0 Å². The van der Waals surface area contributed by atoms with Gasteiger partial charge in [-0.15, -0.1) is 0 Å². The van der Waals surface area contributed by atoms with Crippen LogP contribution in [0.25, 0.3) is 0 Å². The molecule has 0 fully saturated rings. The quantitative estimate of drug-likeness (QED) is 0.747. The first-order valence-electron chi connectivity index (χ1n) is 6.45. The zero-order valence-electron chi connectivity index (χ0n) is 11.3. The van der Waals surface area contributed by atoms with Crippen LogP contribution in [0.3, 0.4) is 0 Å². The van der Waals surface area contributed by atoms with E-state index in [-0.39, 0.29) is 12.5 Å². The van der Waals surface area contributed by atoms with Crippen LogP contribution in [0, 0.1) is 0 Å². The number of carbonyl (C=O) groups excluding carboxylic acids is 1. The molecule has 0 radical (unpaired) electrons. The van der Waals surface area contributed by atoms with Crippen LogP contribution in [0.5, 0.6) is 0 Å². The lowest BCUT2D eigenvalue weighted by Crippen LogP contribution is -2.31. The van der Waals surface area contributed by atoms with Crippen molar-refractivity contribution in [2.75, 3.05) is 11.9 Å². The van der Waals surface area contributed by atoms with Crippen LogP contribution in [0.1, 0.15) is 5.56 Å². The van der Waals surface area contributed by atoms with Gasteiger partial charge in [-0.25, -0.2) is 9.78 Å². The first-order valence-corrected chi connectivity index (χ1v) is 6.45. The molecule has 1 aromatic heterocycles. The summed E-state index contributed by atoms with van der Waals surface area (Å²) in [5.74, 6) is -0.906. The minimum absolute atomic E-state index is 0.0717. The SMILES string of the molecule is O=C(O)Cc1cccc(NC(=O)NCCn2ccnc2)c1. The van der Waals surface area contributed by atoms with E-state index in [0.717, 1.165) is 0 Å². The van der Waals surface area contributed by atoms with Gasteiger partial charge in [0.2, 0.25) is 0 Å². The summed E-state index contributed by atoms with van der Waals surface area (Å²) >= 11 is 0. The van der Waals surface area contributed by atoms with Gasteiger partial charge in [0.05, 0.1) is 12.7 Å². The second-order valence-electron chi connectivity index (χ2n) is 4.45. The van der Waals surface area contributed by atoms with Crippen LogP contribution in [-0.2, 0) is 17.8 Å². The Balaban J connectivity index is 1.80. The van der Waals surface area contributed by atoms with Gasteiger partial charge in [0.25, 0.3) is 0 Å². The van der Waals surface area contributed by atoms with E-state index in [0.29, 0.717) is 24.3 Å². The van der Waals surface area contributed by atoms with Crippen molar-refractivity contribution in [1.82, 2.24) is 14.9 Å². The number of nitrogens with zero attached hydrogens (tertiary/aromatic N) is 2. The number of imidazole rings is 1. The molecule has 0 unspecified atom stereocenters. The van der Waals surface area contributed by atoms with Crippen LogP contribution < -0.4 is 10.6 Å². The van der Waals surface area contributed by atoms with Crippen molar-refractivity contribution < 1.29 is 14.7 Å². The smallest absolute Gasteiger partial charge is 0.319 e. The largest absolute Gasteiger partial charge is 0.481 e. The first-order chi connectivity index (χ1) is 10.1. The maximum atomic E-state index is 11.7. The van der Waals surface area contributed by atoms with Crippen molar-refractivity contribution >= 4 is 17.7 Å². The first kappa shape index (κ1) is 14.6. The summed E-state index contributed by atoms with van der Waals surface area (Å²) in [4.78, 5) is 26.3. The number of benzene rings is 1. The van der Waals surface area contributed by atoms with E-state index in [9.17, 15) is 9.59 Å². The predicted molar refractivity (Wildman–Crippen MR) is 77.0 cm³/mol.